The molecule has 0 rings (SSSR count). The van der Waals surface area contributed by atoms with Gasteiger partial charge in [0, 0.05) is 6.42 Å². The maximum Gasteiger partial charge on any atom is 0.306 e. The largest absolute Gasteiger partial charge is 0.457 e. The lowest BCUT2D eigenvalue weighted by Crippen LogP contribution is -2.48. The third kappa shape index (κ3) is 18.6. The molecule has 204 valence electrons. The third-order valence-electron chi connectivity index (χ3n) is 6.51. The highest BCUT2D eigenvalue weighted by Gasteiger charge is 2.33. The van der Waals surface area contributed by atoms with E-state index in [1.807, 2.05) is 0 Å². The Hall–Kier alpha value is -0.730. The van der Waals surface area contributed by atoms with E-state index in [9.17, 15) is 25.2 Å². The number of hydrogen-bond acceptors (Lipinski definition) is 7. The summed E-state index contributed by atoms with van der Waals surface area (Å²) >= 11 is 0. The molecule has 0 saturated heterocycles. The minimum atomic E-state index is -1.71. The van der Waals surface area contributed by atoms with Gasteiger partial charge in [0.15, 0.2) is 6.10 Å². The zero-order chi connectivity index (χ0) is 25.4. The van der Waals surface area contributed by atoms with Crippen LogP contribution in [0.15, 0.2) is 0 Å². The summed E-state index contributed by atoms with van der Waals surface area (Å²) in [5.41, 5.74) is 0. The first-order valence-electron chi connectivity index (χ1n) is 13.9. The molecule has 7 nitrogen and oxygen atoms in total. The number of rotatable bonds is 25. The molecule has 0 radical (unpaired) electrons. The molecule has 0 saturated carbocycles. The first-order chi connectivity index (χ1) is 16.5. The Morgan fingerprint density at radius 1 is 0.588 bits per heavy atom. The van der Waals surface area contributed by atoms with Gasteiger partial charge in [0.05, 0.1) is 13.2 Å². The van der Waals surface area contributed by atoms with Crippen LogP contribution in [0.4, 0.5) is 0 Å². The van der Waals surface area contributed by atoms with Crippen molar-refractivity contribution in [1.29, 1.82) is 0 Å². The lowest BCUT2D eigenvalue weighted by Gasteiger charge is -2.27. The van der Waals surface area contributed by atoms with Crippen LogP contribution in [0.2, 0.25) is 0 Å². The Kier molecular flexibility index (Phi) is 23.5. The van der Waals surface area contributed by atoms with E-state index in [-0.39, 0.29) is 6.42 Å². The number of esters is 1. The molecule has 0 aliphatic heterocycles. The van der Waals surface area contributed by atoms with E-state index in [1.54, 1.807) is 0 Å². The third-order valence-corrected chi connectivity index (χ3v) is 6.51. The van der Waals surface area contributed by atoms with E-state index in [0.29, 0.717) is 6.42 Å². The van der Waals surface area contributed by atoms with Crippen LogP contribution in [0, 0.1) is 0 Å². The van der Waals surface area contributed by atoms with Crippen molar-refractivity contribution in [3.8, 4) is 0 Å². The van der Waals surface area contributed by atoms with Crippen LogP contribution >= 0.6 is 0 Å². The highest BCUT2D eigenvalue weighted by Crippen LogP contribution is 2.15. The number of aliphatic hydroxyl groups excluding tert-OH is 5. The average Bonchev–Trinajstić information content (AvgIpc) is 2.85. The molecule has 0 aromatic rings. The first-order valence-corrected chi connectivity index (χ1v) is 13.9. The quantitative estimate of drug-likeness (QED) is 0.0948. The molecule has 0 heterocycles. The monoisotopic (exact) mass is 490 g/mol. The summed E-state index contributed by atoms with van der Waals surface area (Å²) in [5.74, 6) is -0.555. The molecule has 0 amide bonds. The molecular weight excluding hydrogens is 436 g/mol. The lowest BCUT2D eigenvalue weighted by molar-refractivity contribution is -0.171. The summed E-state index contributed by atoms with van der Waals surface area (Å²) in [6, 6.07) is 0. The molecule has 0 spiro atoms. The van der Waals surface area contributed by atoms with Crippen LogP contribution in [-0.2, 0) is 9.53 Å². The second kappa shape index (κ2) is 24.0. The molecule has 4 atom stereocenters. The number of aliphatic hydroxyl groups is 5. The van der Waals surface area contributed by atoms with Gasteiger partial charge in [0.1, 0.15) is 18.3 Å². The van der Waals surface area contributed by atoms with Crippen LogP contribution in [0.25, 0.3) is 0 Å². The molecule has 0 unspecified atom stereocenters. The molecule has 7 heteroatoms. The van der Waals surface area contributed by atoms with E-state index in [2.05, 4.69) is 6.92 Å². The van der Waals surface area contributed by atoms with Gasteiger partial charge in [-0.1, -0.05) is 116 Å². The van der Waals surface area contributed by atoms with Crippen molar-refractivity contribution in [3.63, 3.8) is 0 Å². The van der Waals surface area contributed by atoms with E-state index >= 15 is 0 Å². The van der Waals surface area contributed by atoms with Gasteiger partial charge >= 0.3 is 5.97 Å². The highest BCUT2D eigenvalue weighted by molar-refractivity contribution is 5.69. The van der Waals surface area contributed by atoms with E-state index < -0.39 is 43.6 Å². The van der Waals surface area contributed by atoms with Gasteiger partial charge in [-0.15, -0.1) is 0 Å². The number of hydrogen-bond donors (Lipinski definition) is 5. The van der Waals surface area contributed by atoms with E-state index in [4.69, 9.17) is 9.84 Å². The minimum Gasteiger partial charge on any atom is -0.457 e. The van der Waals surface area contributed by atoms with Crippen molar-refractivity contribution >= 4 is 5.97 Å². The normalized spacial score (nSPS) is 15.1. The molecule has 0 aromatic heterocycles. The fraction of sp³-hybridized carbons (Fsp3) is 0.963. The summed E-state index contributed by atoms with van der Waals surface area (Å²) in [5, 5.41) is 47.0. The maximum absolute atomic E-state index is 11.9. The summed E-state index contributed by atoms with van der Waals surface area (Å²) in [4.78, 5) is 11.9. The molecular formula is C27H54O7. The number of unbranched alkanes of at least 4 members (excludes halogenated alkanes) is 17. The van der Waals surface area contributed by atoms with Crippen LogP contribution in [0.5, 0.6) is 0 Å². The maximum atomic E-state index is 11.9. The number of carbonyl (C=O) groups is 1. The van der Waals surface area contributed by atoms with Crippen molar-refractivity contribution < 1.29 is 35.1 Å². The second-order valence-electron chi connectivity index (χ2n) is 9.70. The smallest absolute Gasteiger partial charge is 0.306 e. The molecule has 0 aromatic carbocycles. The SMILES string of the molecule is CCCCCCCCCCCCCCCCCCCCC(=O)O[C@@H](CO)[C@H](O)[C@@H](O)[C@@H](O)CO. The number of carbonyl (C=O) groups excluding carboxylic acids is 1. The fourth-order valence-corrected chi connectivity index (χ4v) is 4.17. The van der Waals surface area contributed by atoms with Gasteiger partial charge in [-0.3, -0.25) is 4.79 Å². The van der Waals surface area contributed by atoms with Gasteiger partial charge in [-0.2, -0.15) is 0 Å². The van der Waals surface area contributed by atoms with Gasteiger partial charge < -0.3 is 30.3 Å². The summed E-state index contributed by atoms with van der Waals surface area (Å²) < 4.78 is 5.02. The second-order valence-corrected chi connectivity index (χ2v) is 9.70. The molecule has 5 N–H and O–H groups in total. The zero-order valence-electron chi connectivity index (χ0n) is 21.7. The fourth-order valence-electron chi connectivity index (χ4n) is 4.17. The van der Waals surface area contributed by atoms with Crippen molar-refractivity contribution in [2.24, 2.45) is 0 Å². The summed E-state index contributed by atoms with van der Waals surface area (Å²) in [7, 11) is 0. The standard InChI is InChI=1S/C27H54O7/c1-2-3-4-5-6-7-8-9-10-11-12-13-14-15-16-17-18-19-20-25(31)34-24(22-29)27(33)26(32)23(30)21-28/h23-24,26-30,32-33H,2-22H2,1H3/t23-,24-,26-,27-/m0/s1. The predicted molar refractivity (Wildman–Crippen MR) is 135 cm³/mol. The van der Waals surface area contributed by atoms with Crippen molar-refractivity contribution in [2.75, 3.05) is 13.2 Å². The Balaban J connectivity index is 3.51. The van der Waals surface area contributed by atoms with E-state index in [1.165, 1.54) is 89.9 Å². The Morgan fingerprint density at radius 2 is 0.971 bits per heavy atom. The predicted octanol–water partition coefficient (Wildman–Crippen LogP) is 4.40. The van der Waals surface area contributed by atoms with Crippen LogP contribution in [-0.4, -0.2) is 69.1 Å². The van der Waals surface area contributed by atoms with Crippen LogP contribution < -0.4 is 0 Å². The number of ether oxygens (including phenoxy) is 1. The van der Waals surface area contributed by atoms with E-state index in [0.717, 1.165) is 19.3 Å². The molecule has 0 aliphatic rings. The Bertz CT molecular complexity index is 447. The molecule has 34 heavy (non-hydrogen) atoms. The average molecular weight is 491 g/mol. The van der Waals surface area contributed by atoms with Crippen LogP contribution in [0.3, 0.4) is 0 Å². The zero-order valence-corrected chi connectivity index (χ0v) is 21.7. The molecule has 0 fully saturated rings. The molecule has 0 aliphatic carbocycles. The molecule has 0 bridgehead atoms. The summed E-state index contributed by atoms with van der Waals surface area (Å²) in [6.07, 6.45) is 16.7. The van der Waals surface area contributed by atoms with Gasteiger partial charge in [-0.05, 0) is 6.42 Å². The Morgan fingerprint density at radius 3 is 1.32 bits per heavy atom. The first kappa shape index (κ1) is 33.3. The Labute approximate surface area is 207 Å². The lowest BCUT2D eigenvalue weighted by atomic mass is 10.0. The van der Waals surface area contributed by atoms with Gasteiger partial charge in [0.25, 0.3) is 0 Å². The van der Waals surface area contributed by atoms with Gasteiger partial charge in [-0.25, -0.2) is 0 Å². The highest BCUT2D eigenvalue weighted by atomic mass is 16.6. The summed E-state index contributed by atoms with van der Waals surface area (Å²) in [6.45, 7) is 0.836. The van der Waals surface area contributed by atoms with Gasteiger partial charge in [0.2, 0.25) is 0 Å². The van der Waals surface area contributed by atoms with Crippen LogP contribution in [0.1, 0.15) is 129 Å². The topological polar surface area (TPSA) is 127 Å². The van der Waals surface area contributed by atoms with Crippen molar-refractivity contribution in [1.82, 2.24) is 0 Å². The minimum absolute atomic E-state index is 0.181. The van der Waals surface area contributed by atoms with Crippen molar-refractivity contribution in [2.45, 2.75) is 153 Å². The van der Waals surface area contributed by atoms with Crippen molar-refractivity contribution in [3.05, 3.63) is 0 Å².